The van der Waals surface area contributed by atoms with Crippen molar-refractivity contribution in [3.05, 3.63) is 12.2 Å². The molecule has 2 nitrogen and oxygen atoms in total. The second-order valence-corrected chi connectivity index (χ2v) is 4.25. The highest BCUT2D eigenvalue weighted by Crippen LogP contribution is 2.17. The van der Waals surface area contributed by atoms with Gasteiger partial charge >= 0.3 is 0 Å². The van der Waals surface area contributed by atoms with Gasteiger partial charge in [0.2, 0.25) is 0 Å². The third kappa shape index (κ3) is 2.82. The van der Waals surface area contributed by atoms with Crippen molar-refractivity contribution >= 4 is 0 Å². The van der Waals surface area contributed by atoms with E-state index in [4.69, 9.17) is 0 Å². The van der Waals surface area contributed by atoms with Crippen molar-refractivity contribution < 1.29 is 0 Å². The summed E-state index contributed by atoms with van der Waals surface area (Å²) in [6, 6.07) is 0.742. The average molecular weight is 180 g/mol. The van der Waals surface area contributed by atoms with Gasteiger partial charge in [-0.1, -0.05) is 12.2 Å². The minimum absolute atomic E-state index is 0.742. The first-order valence-corrected chi connectivity index (χ1v) is 5.54. The summed E-state index contributed by atoms with van der Waals surface area (Å²) in [6.07, 6.45) is 9.91. The molecule has 1 heterocycles. The third-order valence-electron chi connectivity index (χ3n) is 3.13. The van der Waals surface area contributed by atoms with Crippen LogP contribution in [0.15, 0.2) is 12.2 Å². The standard InChI is InChI=1S/C11H20N2/c1-2-4-10(5-3-1)8-13-11-6-7-12-9-11/h1-2,10-13H,3-9H2. The largest absolute Gasteiger partial charge is 0.315 e. The maximum absolute atomic E-state index is 3.65. The van der Waals surface area contributed by atoms with E-state index in [1.54, 1.807) is 0 Å². The van der Waals surface area contributed by atoms with Gasteiger partial charge in [0.1, 0.15) is 0 Å². The Kier molecular flexibility index (Phi) is 3.39. The molecule has 74 valence electrons. The first-order valence-electron chi connectivity index (χ1n) is 5.54. The Balaban J connectivity index is 1.63. The Morgan fingerprint density at radius 3 is 3.00 bits per heavy atom. The van der Waals surface area contributed by atoms with E-state index in [9.17, 15) is 0 Å². The molecule has 0 bridgehead atoms. The quantitative estimate of drug-likeness (QED) is 0.640. The van der Waals surface area contributed by atoms with Gasteiger partial charge in [0.15, 0.2) is 0 Å². The molecule has 2 atom stereocenters. The van der Waals surface area contributed by atoms with Gasteiger partial charge < -0.3 is 10.6 Å². The summed E-state index contributed by atoms with van der Waals surface area (Å²) in [4.78, 5) is 0. The van der Waals surface area contributed by atoms with Crippen LogP contribution in [0.3, 0.4) is 0 Å². The van der Waals surface area contributed by atoms with E-state index in [1.807, 2.05) is 0 Å². The number of allylic oxidation sites excluding steroid dienone is 2. The lowest BCUT2D eigenvalue weighted by Crippen LogP contribution is -2.35. The second-order valence-electron chi connectivity index (χ2n) is 4.25. The summed E-state index contributed by atoms with van der Waals surface area (Å²) in [5.41, 5.74) is 0. The summed E-state index contributed by atoms with van der Waals surface area (Å²) in [7, 11) is 0. The van der Waals surface area contributed by atoms with Crippen LogP contribution in [-0.2, 0) is 0 Å². The maximum atomic E-state index is 3.65. The van der Waals surface area contributed by atoms with Crippen LogP contribution in [0.2, 0.25) is 0 Å². The number of rotatable bonds is 3. The van der Waals surface area contributed by atoms with Crippen molar-refractivity contribution in [1.82, 2.24) is 10.6 Å². The molecular weight excluding hydrogens is 160 g/mol. The van der Waals surface area contributed by atoms with Crippen molar-refractivity contribution in [2.45, 2.75) is 31.7 Å². The van der Waals surface area contributed by atoms with Crippen molar-refractivity contribution in [3.8, 4) is 0 Å². The van der Waals surface area contributed by atoms with Gasteiger partial charge in [-0.05, 0) is 44.7 Å². The lowest BCUT2D eigenvalue weighted by molar-refractivity contribution is 0.410. The Morgan fingerprint density at radius 1 is 1.31 bits per heavy atom. The fraction of sp³-hybridized carbons (Fsp3) is 0.818. The van der Waals surface area contributed by atoms with Gasteiger partial charge in [0.05, 0.1) is 0 Å². The molecule has 0 spiro atoms. The minimum Gasteiger partial charge on any atom is -0.315 e. The van der Waals surface area contributed by atoms with Crippen LogP contribution in [0, 0.1) is 5.92 Å². The summed E-state index contributed by atoms with van der Waals surface area (Å²) >= 11 is 0. The third-order valence-corrected chi connectivity index (χ3v) is 3.13. The van der Waals surface area contributed by atoms with E-state index < -0.39 is 0 Å². The smallest absolute Gasteiger partial charge is 0.0204 e. The molecule has 2 rings (SSSR count). The predicted octanol–water partition coefficient (Wildman–Crippen LogP) is 1.29. The molecule has 0 aromatic carbocycles. The van der Waals surface area contributed by atoms with Crippen LogP contribution < -0.4 is 10.6 Å². The fourth-order valence-corrected chi connectivity index (χ4v) is 2.20. The molecule has 2 unspecified atom stereocenters. The van der Waals surface area contributed by atoms with Crippen LogP contribution in [0.5, 0.6) is 0 Å². The van der Waals surface area contributed by atoms with Crippen molar-refractivity contribution in [2.75, 3.05) is 19.6 Å². The zero-order valence-electron chi connectivity index (χ0n) is 8.26. The monoisotopic (exact) mass is 180 g/mol. The van der Waals surface area contributed by atoms with E-state index in [0.29, 0.717) is 0 Å². The Bertz CT molecular complexity index is 171. The molecule has 0 radical (unpaired) electrons. The molecule has 1 saturated heterocycles. The minimum atomic E-state index is 0.742. The van der Waals surface area contributed by atoms with Gasteiger partial charge in [0, 0.05) is 12.6 Å². The summed E-state index contributed by atoms with van der Waals surface area (Å²) < 4.78 is 0. The van der Waals surface area contributed by atoms with Crippen LogP contribution >= 0.6 is 0 Å². The van der Waals surface area contributed by atoms with Crippen LogP contribution in [0.25, 0.3) is 0 Å². The summed E-state index contributed by atoms with van der Waals surface area (Å²) in [5, 5.41) is 7.04. The van der Waals surface area contributed by atoms with Gasteiger partial charge in [0.25, 0.3) is 0 Å². The topological polar surface area (TPSA) is 24.1 Å². The predicted molar refractivity (Wildman–Crippen MR) is 55.8 cm³/mol. The van der Waals surface area contributed by atoms with Crippen LogP contribution in [0.1, 0.15) is 25.7 Å². The first kappa shape index (κ1) is 9.22. The van der Waals surface area contributed by atoms with Gasteiger partial charge in [-0.2, -0.15) is 0 Å². The first-order chi connectivity index (χ1) is 6.45. The van der Waals surface area contributed by atoms with E-state index >= 15 is 0 Å². The Morgan fingerprint density at radius 2 is 2.31 bits per heavy atom. The molecule has 0 amide bonds. The highest BCUT2D eigenvalue weighted by atomic mass is 15.0. The molecule has 0 aromatic heterocycles. The SMILES string of the molecule is C1=CCC(CNC2CCNC2)CC1. The van der Waals surface area contributed by atoms with E-state index in [2.05, 4.69) is 22.8 Å². The molecule has 1 aliphatic heterocycles. The molecule has 1 aliphatic carbocycles. The van der Waals surface area contributed by atoms with E-state index in [-0.39, 0.29) is 0 Å². The Hall–Kier alpha value is -0.340. The normalized spacial score (nSPS) is 33.8. The summed E-state index contributed by atoms with van der Waals surface area (Å²) in [6.45, 7) is 3.58. The summed E-state index contributed by atoms with van der Waals surface area (Å²) in [5.74, 6) is 0.894. The van der Waals surface area contributed by atoms with Gasteiger partial charge in [-0.3, -0.25) is 0 Å². The molecule has 0 aromatic rings. The lowest BCUT2D eigenvalue weighted by Gasteiger charge is -2.20. The van der Waals surface area contributed by atoms with Crippen LogP contribution in [0.4, 0.5) is 0 Å². The molecule has 2 aliphatic rings. The second kappa shape index (κ2) is 4.77. The number of hydrogen-bond donors (Lipinski definition) is 2. The molecule has 1 fully saturated rings. The van der Waals surface area contributed by atoms with Crippen molar-refractivity contribution in [1.29, 1.82) is 0 Å². The lowest BCUT2D eigenvalue weighted by atomic mass is 9.94. The van der Waals surface area contributed by atoms with E-state index in [0.717, 1.165) is 12.0 Å². The van der Waals surface area contributed by atoms with Crippen molar-refractivity contribution in [3.63, 3.8) is 0 Å². The van der Waals surface area contributed by atoms with Crippen molar-refractivity contribution in [2.24, 2.45) is 5.92 Å². The molecular formula is C11H20N2. The zero-order chi connectivity index (χ0) is 8.93. The molecule has 2 N–H and O–H groups in total. The van der Waals surface area contributed by atoms with Crippen LogP contribution in [-0.4, -0.2) is 25.7 Å². The zero-order valence-corrected chi connectivity index (χ0v) is 8.26. The van der Waals surface area contributed by atoms with Gasteiger partial charge in [-0.25, -0.2) is 0 Å². The number of nitrogens with one attached hydrogen (secondary N) is 2. The fourth-order valence-electron chi connectivity index (χ4n) is 2.20. The Labute approximate surface area is 80.8 Å². The molecule has 13 heavy (non-hydrogen) atoms. The highest BCUT2D eigenvalue weighted by Gasteiger charge is 2.16. The number of hydrogen-bond acceptors (Lipinski definition) is 2. The highest BCUT2D eigenvalue weighted by molar-refractivity contribution is 4.91. The molecule has 0 saturated carbocycles. The van der Waals surface area contributed by atoms with Gasteiger partial charge in [-0.15, -0.1) is 0 Å². The molecule has 2 heteroatoms. The van der Waals surface area contributed by atoms with E-state index in [1.165, 1.54) is 45.3 Å². The maximum Gasteiger partial charge on any atom is 0.0204 e. The average Bonchev–Trinajstić information content (AvgIpc) is 2.69.